The minimum atomic E-state index is 0.188. The van der Waals surface area contributed by atoms with Gasteiger partial charge in [-0.15, -0.1) is 0 Å². The van der Waals surface area contributed by atoms with Crippen molar-refractivity contribution in [3.8, 4) is 0 Å². The van der Waals surface area contributed by atoms with E-state index in [1.807, 2.05) is 24.1 Å². The van der Waals surface area contributed by atoms with Crippen LogP contribution < -0.4 is 4.90 Å². The zero-order chi connectivity index (χ0) is 16.6. The number of rotatable bonds is 7. The number of carbonyl (C=O) groups is 1. The molecule has 0 aliphatic heterocycles. The molecule has 0 unspecified atom stereocenters. The van der Waals surface area contributed by atoms with E-state index >= 15 is 0 Å². The van der Waals surface area contributed by atoms with Crippen molar-refractivity contribution in [2.75, 3.05) is 18.5 Å². The van der Waals surface area contributed by atoms with E-state index in [0.29, 0.717) is 12.1 Å². The van der Waals surface area contributed by atoms with Gasteiger partial charge in [-0.1, -0.05) is 0 Å². The minimum Gasteiger partial charge on any atom is -0.369 e. The quantitative estimate of drug-likeness (QED) is 0.753. The average molecular weight is 314 g/mol. The fourth-order valence-corrected chi connectivity index (χ4v) is 3.87. The maximum absolute atomic E-state index is 12.8. The molecule has 0 bridgehead atoms. The number of nitrogens with zero attached hydrogens (tertiary/aromatic N) is 2. The highest BCUT2D eigenvalue weighted by molar-refractivity contribution is 5.94. The van der Waals surface area contributed by atoms with Crippen LogP contribution in [0.5, 0.6) is 0 Å². The van der Waals surface area contributed by atoms with Crippen LogP contribution in [0.1, 0.15) is 56.8 Å². The third kappa shape index (κ3) is 3.54. The third-order valence-electron chi connectivity index (χ3n) is 5.39. The Morgan fingerprint density at radius 2 is 1.61 bits per heavy atom. The summed E-state index contributed by atoms with van der Waals surface area (Å²) in [6.45, 7) is 7.55. The molecule has 126 valence electrons. The summed E-state index contributed by atoms with van der Waals surface area (Å²) in [6, 6.07) is 9.12. The summed E-state index contributed by atoms with van der Waals surface area (Å²) in [6.07, 6.45) is 5.21. The summed E-state index contributed by atoms with van der Waals surface area (Å²) >= 11 is 0. The van der Waals surface area contributed by atoms with Crippen LogP contribution in [-0.4, -0.2) is 36.5 Å². The average Bonchev–Trinajstić information content (AvgIpc) is 3.42. The van der Waals surface area contributed by atoms with Gasteiger partial charge in [0.05, 0.1) is 0 Å². The van der Waals surface area contributed by atoms with Crippen LogP contribution in [0.3, 0.4) is 0 Å². The van der Waals surface area contributed by atoms with E-state index in [1.54, 1.807) is 0 Å². The van der Waals surface area contributed by atoms with Crippen molar-refractivity contribution in [3.05, 3.63) is 29.8 Å². The van der Waals surface area contributed by atoms with Gasteiger partial charge in [-0.2, -0.15) is 0 Å². The number of amides is 1. The zero-order valence-corrected chi connectivity index (χ0v) is 15.0. The maximum Gasteiger partial charge on any atom is 0.253 e. The predicted molar refractivity (Wildman–Crippen MR) is 95.9 cm³/mol. The van der Waals surface area contributed by atoms with Crippen molar-refractivity contribution in [1.29, 1.82) is 0 Å². The Balaban J connectivity index is 1.71. The van der Waals surface area contributed by atoms with Crippen molar-refractivity contribution in [2.45, 2.75) is 58.5 Å². The van der Waals surface area contributed by atoms with Crippen LogP contribution >= 0.6 is 0 Å². The van der Waals surface area contributed by atoms with Crippen LogP contribution in [-0.2, 0) is 0 Å². The largest absolute Gasteiger partial charge is 0.369 e. The predicted octanol–water partition coefficient (Wildman–Crippen LogP) is 4.18. The first-order valence-electron chi connectivity index (χ1n) is 9.16. The highest BCUT2D eigenvalue weighted by Crippen LogP contribution is 2.47. The molecule has 0 heterocycles. The van der Waals surface area contributed by atoms with Crippen molar-refractivity contribution in [2.24, 2.45) is 11.8 Å². The van der Waals surface area contributed by atoms with E-state index in [9.17, 15) is 4.79 Å². The summed E-state index contributed by atoms with van der Waals surface area (Å²) in [4.78, 5) is 17.2. The van der Waals surface area contributed by atoms with E-state index in [2.05, 4.69) is 37.8 Å². The van der Waals surface area contributed by atoms with Crippen molar-refractivity contribution in [3.63, 3.8) is 0 Å². The molecule has 0 N–H and O–H groups in total. The molecule has 2 aliphatic rings. The summed E-state index contributed by atoms with van der Waals surface area (Å²) < 4.78 is 0. The van der Waals surface area contributed by atoms with E-state index in [-0.39, 0.29) is 5.91 Å². The second kappa shape index (κ2) is 6.54. The van der Waals surface area contributed by atoms with Gasteiger partial charge in [0.1, 0.15) is 0 Å². The number of hydrogen-bond donors (Lipinski definition) is 0. The van der Waals surface area contributed by atoms with E-state index in [1.165, 1.54) is 31.4 Å². The number of hydrogen-bond acceptors (Lipinski definition) is 2. The lowest BCUT2D eigenvalue weighted by Crippen LogP contribution is -2.40. The standard InChI is InChI=1S/C20H30N2O/c1-5-22(14(2)3)18-12-10-17(11-13-18)20(23)21(4)19(15-6-7-15)16-8-9-16/h10-16,19H,5-9H2,1-4H3. The molecule has 23 heavy (non-hydrogen) atoms. The molecular formula is C20H30N2O. The molecule has 2 saturated carbocycles. The maximum atomic E-state index is 12.8. The molecule has 0 atom stereocenters. The molecule has 3 heteroatoms. The molecule has 1 aromatic carbocycles. The van der Waals surface area contributed by atoms with Gasteiger partial charge in [0.15, 0.2) is 0 Å². The summed E-state index contributed by atoms with van der Waals surface area (Å²) in [5, 5.41) is 0. The van der Waals surface area contributed by atoms with Crippen molar-refractivity contribution >= 4 is 11.6 Å². The molecule has 0 saturated heterocycles. The molecular weight excluding hydrogens is 284 g/mol. The van der Waals surface area contributed by atoms with Crippen LogP contribution in [0.2, 0.25) is 0 Å². The molecule has 1 aromatic rings. The Hall–Kier alpha value is -1.51. The SMILES string of the molecule is CCN(c1ccc(C(=O)N(C)C(C2CC2)C2CC2)cc1)C(C)C. The molecule has 0 spiro atoms. The van der Waals surface area contributed by atoms with Gasteiger partial charge in [-0.05, 0) is 82.6 Å². The second-order valence-electron chi connectivity index (χ2n) is 7.51. The summed E-state index contributed by atoms with van der Waals surface area (Å²) in [5.41, 5.74) is 2.02. The third-order valence-corrected chi connectivity index (χ3v) is 5.39. The molecule has 2 aliphatic carbocycles. The molecule has 2 fully saturated rings. The van der Waals surface area contributed by atoms with Gasteiger partial charge in [-0.3, -0.25) is 4.79 Å². The Morgan fingerprint density at radius 3 is 2.00 bits per heavy atom. The molecule has 1 amide bonds. The Morgan fingerprint density at radius 1 is 1.09 bits per heavy atom. The Labute approximate surface area is 140 Å². The van der Waals surface area contributed by atoms with Gasteiger partial charge in [0, 0.05) is 36.9 Å². The van der Waals surface area contributed by atoms with Gasteiger partial charge >= 0.3 is 0 Å². The monoisotopic (exact) mass is 314 g/mol. The topological polar surface area (TPSA) is 23.6 Å². The fourth-order valence-electron chi connectivity index (χ4n) is 3.87. The van der Waals surface area contributed by atoms with E-state index < -0.39 is 0 Å². The first-order chi connectivity index (χ1) is 11.0. The smallest absolute Gasteiger partial charge is 0.253 e. The zero-order valence-electron chi connectivity index (χ0n) is 15.0. The van der Waals surface area contributed by atoms with Gasteiger partial charge in [-0.25, -0.2) is 0 Å². The second-order valence-corrected chi connectivity index (χ2v) is 7.51. The summed E-state index contributed by atoms with van der Waals surface area (Å²) in [5.74, 6) is 1.70. The molecule has 3 rings (SSSR count). The van der Waals surface area contributed by atoms with Gasteiger partial charge in [0.2, 0.25) is 0 Å². The molecule has 0 radical (unpaired) electrons. The minimum absolute atomic E-state index is 0.188. The summed E-state index contributed by atoms with van der Waals surface area (Å²) in [7, 11) is 2.00. The molecule has 3 nitrogen and oxygen atoms in total. The highest BCUT2D eigenvalue weighted by atomic mass is 16.2. The van der Waals surface area contributed by atoms with Crippen molar-refractivity contribution in [1.82, 2.24) is 4.90 Å². The normalized spacial score (nSPS) is 17.7. The first-order valence-corrected chi connectivity index (χ1v) is 9.16. The first kappa shape index (κ1) is 16.4. The van der Waals surface area contributed by atoms with Gasteiger partial charge < -0.3 is 9.80 Å². The van der Waals surface area contributed by atoms with Crippen molar-refractivity contribution < 1.29 is 4.79 Å². The highest BCUT2D eigenvalue weighted by Gasteiger charge is 2.45. The lowest BCUT2D eigenvalue weighted by atomic mass is 10.0. The Bertz CT molecular complexity index is 531. The number of benzene rings is 1. The van der Waals surface area contributed by atoms with Crippen LogP contribution in [0, 0.1) is 11.8 Å². The fraction of sp³-hybridized carbons (Fsp3) is 0.650. The molecule has 0 aromatic heterocycles. The number of carbonyl (C=O) groups excluding carboxylic acids is 1. The van der Waals surface area contributed by atoms with E-state index in [0.717, 1.165) is 23.9 Å². The van der Waals surface area contributed by atoms with Crippen LogP contribution in [0.4, 0.5) is 5.69 Å². The lowest BCUT2D eigenvalue weighted by molar-refractivity contribution is 0.0690. The number of anilines is 1. The Kier molecular flexibility index (Phi) is 4.65. The van der Waals surface area contributed by atoms with Gasteiger partial charge in [0.25, 0.3) is 5.91 Å². The lowest BCUT2D eigenvalue weighted by Gasteiger charge is -2.29. The van der Waals surface area contributed by atoms with Crippen LogP contribution in [0.25, 0.3) is 0 Å². The van der Waals surface area contributed by atoms with E-state index in [4.69, 9.17) is 0 Å². The van der Waals surface area contributed by atoms with Crippen LogP contribution in [0.15, 0.2) is 24.3 Å².